The van der Waals surface area contributed by atoms with Gasteiger partial charge in [-0.05, 0) is 13.0 Å². The average molecular weight is 166 g/mol. The van der Waals surface area contributed by atoms with Crippen molar-refractivity contribution in [2.24, 2.45) is 0 Å². The summed E-state index contributed by atoms with van der Waals surface area (Å²) in [5, 5.41) is 0. The maximum atomic E-state index is 11.1. The number of hydrogen-bond donors (Lipinski definition) is 1. The molecule has 0 unspecified atom stereocenters. The van der Waals surface area contributed by atoms with Crippen molar-refractivity contribution in [3.63, 3.8) is 0 Å². The fourth-order valence-electron chi connectivity index (χ4n) is 0.883. The maximum Gasteiger partial charge on any atom is 0.338 e. The van der Waals surface area contributed by atoms with Gasteiger partial charge in [0.15, 0.2) is 0 Å². The Morgan fingerprint density at radius 3 is 2.92 bits per heavy atom. The number of methoxy groups -OCH3 is 1. The summed E-state index contributed by atoms with van der Waals surface area (Å²) in [6.45, 7) is 1.73. The van der Waals surface area contributed by atoms with Crippen LogP contribution in [0.3, 0.4) is 0 Å². The number of nitrogens with two attached hydrogens (primary N) is 1. The van der Waals surface area contributed by atoms with Gasteiger partial charge in [0.05, 0.1) is 12.7 Å². The summed E-state index contributed by atoms with van der Waals surface area (Å²) in [5.41, 5.74) is 6.61. The molecule has 0 aliphatic carbocycles. The Kier molecular flexibility index (Phi) is 2.28. The lowest BCUT2D eigenvalue weighted by atomic mass is 10.1. The molecule has 64 valence electrons. The van der Waals surface area contributed by atoms with E-state index in [0.717, 1.165) is 0 Å². The molecule has 0 bridgehead atoms. The molecule has 0 radical (unpaired) electrons. The number of nitrogen functional groups attached to an aromatic ring is 1. The first-order valence-electron chi connectivity index (χ1n) is 3.46. The standard InChI is InChI=1S/C8H10N2O2/c1-5-6(8(11)12-2)3-4-10-7(5)9/h3-4H,1-2H3,(H2,9,10). The van der Waals surface area contributed by atoms with Gasteiger partial charge in [0.2, 0.25) is 0 Å². The van der Waals surface area contributed by atoms with Crippen LogP contribution in [0, 0.1) is 6.92 Å². The molecular formula is C8H10N2O2. The quantitative estimate of drug-likeness (QED) is 0.625. The van der Waals surface area contributed by atoms with Gasteiger partial charge in [0, 0.05) is 11.8 Å². The molecule has 0 aromatic carbocycles. The van der Waals surface area contributed by atoms with E-state index < -0.39 is 0 Å². The van der Waals surface area contributed by atoms with Gasteiger partial charge in [0.1, 0.15) is 5.82 Å². The summed E-state index contributed by atoms with van der Waals surface area (Å²) >= 11 is 0. The monoisotopic (exact) mass is 166 g/mol. The Bertz CT molecular complexity index is 310. The fourth-order valence-corrected chi connectivity index (χ4v) is 0.883. The van der Waals surface area contributed by atoms with Crippen LogP contribution in [0.5, 0.6) is 0 Å². The Hall–Kier alpha value is -1.58. The van der Waals surface area contributed by atoms with E-state index in [-0.39, 0.29) is 5.97 Å². The van der Waals surface area contributed by atoms with Crippen molar-refractivity contribution < 1.29 is 9.53 Å². The lowest BCUT2D eigenvalue weighted by Crippen LogP contribution is -2.06. The molecule has 1 aromatic rings. The predicted molar refractivity (Wildman–Crippen MR) is 44.7 cm³/mol. The van der Waals surface area contributed by atoms with Gasteiger partial charge in [0.25, 0.3) is 0 Å². The number of carbonyl (C=O) groups is 1. The summed E-state index contributed by atoms with van der Waals surface area (Å²) in [7, 11) is 1.33. The first-order valence-corrected chi connectivity index (χ1v) is 3.46. The highest BCUT2D eigenvalue weighted by molar-refractivity contribution is 5.91. The number of ether oxygens (including phenoxy) is 1. The van der Waals surface area contributed by atoms with Gasteiger partial charge in [-0.2, -0.15) is 0 Å². The van der Waals surface area contributed by atoms with Crippen LogP contribution in [0.15, 0.2) is 12.3 Å². The lowest BCUT2D eigenvalue weighted by Gasteiger charge is -2.04. The minimum Gasteiger partial charge on any atom is -0.465 e. The van der Waals surface area contributed by atoms with Crippen molar-refractivity contribution in [1.29, 1.82) is 0 Å². The van der Waals surface area contributed by atoms with E-state index in [1.807, 2.05) is 0 Å². The molecule has 4 heteroatoms. The van der Waals surface area contributed by atoms with E-state index in [1.54, 1.807) is 13.0 Å². The summed E-state index contributed by atoms with van der Waals surface area (Å²) in [4.78, 5) is 14.9. The molecule has 1 heterocycles. The second-order valence-electron chi connectivity index (χ2n) is 2.36. The van der Waals surface area contributed by atoms with Gasteiger partial charge in [-0.1, -0.05) is 0 Å². The third kappa shape index (κ3) is 1.37. The van der Waals surface area contributed by atoms with Crippen LogP contribution in [0.25, 0.3) is 0 Å². The molecule has 0 aliphatic heterocycles. The van der Waals surface area contributed by atoms with Crippen LogP contribution in [0.1, 0.15) is 15.9 Å². The van der Waals surface area contributed by atoms with E-state index in [2.05, 4.69) is 9.72 Å². The topological polar surface area (TPSA) is 65.2 Å². The van der Waals surface area contributed by atoms with Gasteiger partial charge in [-0.15, -0.1) is 0 Å². The second-order valence-corrected chi connectivity index (χ2v) is 2.36. The zero-order chi connectivity index (χ0) is 9.14. The molecule has 0 saturated carbocycles. The predicted octanol–water partition coefficient (Wildman–Crippen LogP) is 0.759. The maximum absolute atomic E-state index is 11.1. The smallest absolute Gasteiger partial charge is 0.338 e. The van der Waals surface area contributed by atoms with Crippen molar-refractivity contribution in [3.8, 4) is 0 Å². The number of rotatable bonds is 1. The number of pyridine rings is 1. The largest absolute Gasteiger partial charge is 0.465 e. The van der Waals surface area contributed by atoms with E-state index >= 15 is 0 Å². The van der Waals surface area contributed by atoms with Gasteiger partial charge in [-0.3, -0.25) is 0 Å². The average Bonchev–Trinajstić information content (AvgIpc) is 2.08. The first kappa shape index (κ1) is 8.52. The van der Waals surface area contributed by atoms with Crippen molar-refractivity contribution >= 4 is 11.8 Å². The summed E-state index contributed by atoms with van der Waals surface area (Å²) < 4.78 is 4.55. The van der Waals surface area contributed by atoms with Crippen LogP contribution >= 0.6 is 0 Å². The van der Waals surface area contributed by atoms with Crippen molar-refractivity contribution in [2.75, 3.05) is 12.8 Å². The Morgan fingerprint density at radius 1 is 1.67 bits per heavy atom. The molecule has 1 aromatic heterocycles. The molecule has 0 atom stereocenters. The summed E-state index contributed by atoms with van der Waals surface area (Å²) in [6.07, 6.45) is 1.48. The highest BCUT2D eigenvalue weighted by Crippen LogP contribution is 2.12. The summed E-state index contributed by atoms with van der Waals surface area (Å²) in [5.74, 6) is -0.0282. The summed E-state index contributed by atoms with van der Waals surface area (Å²) in [6, 6.07) is 1.58. The first-order chi connectivity index (χ1) is 5.66. The molecule has 12 heavy (non-hydrogen) atoms. The highest BCUT2D eigenvalue weighted by Gasteiger charge is 2.10. The van der Waals surface area contributed by atoms with Gasteiger partial charge < -0.3 is 10.5 Å². The van der Waals surface area contributed by atoms with Crippen molar-refractivity contribution in [3.05, 3.63) is 23.4 Å². The van der Waals surface area contributed by atoms with Crippen LogP contribution in [0.2, 0.25) is 0 Å². The molecule has 0 aliphatic rings. The number of aromatic nitrogens is 1. The number of esters is 1. The Morgan fingerprint density at radius 2 is 2.33 bits per heavy atom. The third-order valence-corrected chi connectivity index (χ3v) is 1.65. The second kappa shape index (κ2) is 3.21. The van der Waals surface area contributed by atoms with Crippen molar-refractivity contribution in [1.82, 2.24) is 4.98 Å². The molecule has 0 fully saturated rings. The Balaban J connectivity index is 3.16. The van der Waals surface area contributed by atoms with Crippen LogP contribution < -0.4 is 5.73 Å². The number of hydrogen-bond acceptors (Lipinski definition) is 4. The van der Waals surface area contributed by atoms with E-state index in [1.165, 1.54) is 13.3 Å². The zero-order valence-electron chi connectivity index (χ0n) is 7.00. The van der Waals surface area contributed by atoms with E-state index in [0.29, 0.717) is 16.9 Å². The minimum absolute atomic E-state index is 0.359. The number of nitrogens with zero attached hydrogens (tertiary/aromatic N) is 1. The van der Waals surface area contributed by atoms with Crippen LogP contribution in [-0.4, -0.2) is 18.1 Å². The molecular weight excluding hydrogens is 156 g/mol. The van der Waals surface area contributed by atoms with Crippen LogP contribution in [0.4, 0.5) is 5.82 Å². The third-order valence-electron chi connectivity index (χ3n) is 1.65. The van der Waals surface area contributed by atoms with E-state index in [4.69, 9.17) is 5.73 Å². The molecule has 2 N–H and O–H groups in total. The molecule has 4 nitrogen and oxygen atoms in total. The van der Waals surface area contributed by atoms with E-state index in [9.17, 15) is 4.79 Å². The highest BCUT2D eigenvalue weighted by atomic mass is 16.5. The number of anilines is 1. The van der Waals surface area contributed by atoms with Crippen molar-refractivity contribution in [2.45, 2.75) is 6.92 Å². The Labute approximate surface area is 70.4 Å². The molecule has 1 rings (SSSR count). The van der Waals surface area contributed by atoms with Gasteiger partial charge in [-0.25, -0.2) is 9.78 Å². The van der Waals surface area contributed by atoms with Crippen LogP contribution in [-0.2, 0) is 4.74 Å². The SMILES string of the molecule is COC(=O)c1ccnc(N)c1C. The number of carbonyl (C=O) groups excluding carboxylic acids is 1. The lowest BCUT2D eigenvalue weighted by molar-refractivity contribution is 0.0600. The van der Waals surface area contributed by atoms with Gasteiger partial charge >= 0.3 is 5.97 Å². The zero-order valence-corrected chi connectivity index (χ0v) is 7.00. The molecule has 0 spiro atoms. The minimum atomic E-state index is -0.387. The molecule has 0 amide bonds. The fraction of sp³-hybridized carbons (Fsp3) is 0.250. The molecule has 0 saturated heterocycles. The normalized spacial score (nSPS) is 9.50.